The lowest BCUT2D eigenvalue weighted by Crippen LogP contribution is -1.93. The normalized spacial score (nSPS) is 10.5. The lowest BCUT2D eigenvalue weighted by atomic mass is 9.96. The fourth-order valence-corrected chi connectivity index (χ4v) is 3.09. The number of nitrogens with zero attached hydrogens (tertiary/aromatic N) is 2. The van der Waals surface area contributed by atoms with Crippen LogP contribution < -0.4 is 0 Å². The van der Waals surface area contributed by atoms with Crippen LogP contribution in [0.15, 0.2) is 97.2 Å². The summed E-state index contributed by atoms with van der Waals surface area (Å²) in [5, 5.41) is 11.2. The third-order valence-corrected chi connectivity index (χ3v) is 4.41. The molecule has 4 nitrogen and oxygen atoms in total. The molecule has 1 heterocycles. The third kappa shape index (κ3) is 3.46. The summed E-state index contributed by atoms with van der Waals surface area (Å²) < 4.78 is 0. The van der Waals surface area contributed by atoms with E-state index in [-0.39, 0.29) is 10.6 Å². The molecule has 0 N–H and O–H groups in total. The van der Waals surface area contributed by atoms with Crippen LogP contribution in [-0.2, 0) is 0 Å². The number of non-ortho nitro benzene ring substituents is 1. The summed E-state index contributed by atoms with van der Waals surface area (Å²) in [6.07, 6.45) is 1.82. The van der Waals surface area contributed by atoms with Crippen molar-refractivity contribution in [2.75, 3.05) is 0 Å². The Kier molecular flexibility index (Phi) is 4.45. The minimum Gasteiger partial charge on any atom is -0.258 e. The van der Waals surface area contributed by atoms with Crippen LogP contribution in [0.5, 0.6) is 0 Å². The van der Waals surface area contributed by atoms with Crippen LogP contribution in [0.1, 0.15) is 0 Å². The molecule has 0 radical (unpaired) electrons. The maximum Gasteiger partial charge on any atom is 0.270 e. The maximum absolute atomic E-state index is 11.2. The SMILES string of the molecule is O=[N+]([O-])c1cccc(-c2ncc(-c3ccccc3)cc2-c2ccccc2)c1. The fraction of sp³-hybridized carbons (Fsp3) is 0. The van der Waals surface area contributed by atoms with Gasteiger partial charge >= 0.3 is 0 Å². The molecular weight excluding hydrogens is 336 g/mol. The van der Waals surface area contributed by atoms with Crippen molar-refractivity contribution < 1.29 is 4.92 Å². The van der Waals surface area contributed by atoms with Gasteiger partial charge in [0.15, 0.2) is 0 Å². The highest BCUT2D eigenvalue weighted by Crippen LogP contribution is 2.34. The van der Waals surface area contributed by atoms with Crippen molar-refractivity contribution in [1.29, 1.82) is 0 Å². The Balaban J connectivity index is 1.91. The second kappa shape index (κ2) is 7.22. The summed E-state index contributed by atoms with van der Waals surface area (Å²) in [6.45, 7) is 0. The number of hydrogen-bond acceptors (Lipinski definition) is 3. The van der Waals surface area contributed by atoms with Gasteiger partial charge in [-0.05, 0) is 17.2 Å². The highest BCUT2D eigenvalue weighted by atomic mass is 16.6. The number of hydrogen-bond donors (Lipinski definition) is 0. The van der Waals surface area contributed by atoms with Gasteiger partial charge < -0.3 is 0 Å². The van der Waals surface area contributed by atoms with Gasteiger partial charge in [0.05, 0.1) is 10.6 Å². The van der Waals surface area contributed by atoms with Crippen LogP contribution in [0.25, 0.3) is 33.5 Å². The molecule has 0 aliphatic rings. The Hall–Kier alpha value is -3.79. The van der Waals surface area contributed by atoms with Crippen molar-refractivity contribution in [1.82, 2.24) is 4.98 Å². The van der Waals surface area contributed by atoms with Gasteiger partial charge in [-0.2, -0.15) is 0 Å². The van der Waals surface area contributed by atoms with Crippen molar-refractivity contribution in [3.8, 4) is 33.5 Å². The summed E-state index contributed by atoms with van der Waals surface area (Å²) >= 11 is 0. The number of pyridine rings is 1. The van der Waals surface area contributed by atoms with E-state index in [0.717, 1.165) is 33.5 Å². The van der Waals surface area contributed by atoms with E-state index < -0.39 is 0 Å². The Morgan fingerprint density at radius 2 is 1.30 bits per heavy atom. The lowest BCUT2D eigenvalue weighted by molar-refractivity contribution is -0.384. The first kappa shape index (κ1) is 16.7. The molecule has 0 spiro atoms. The van der Waals surface area contributed by atoms with Crippen LogP contribution in [0.4, 0.5) is 5.69 Å². The standard InChI is InChI=1S/C23H16N2O2/c26-25(27)21-13-7-12-19(14-21)23-22(18-10-5-2-6-11-18)15-20(16-24-23)17-8-3-1-4-9-17/h1-16H. The number of nitro benzene ring substituents is 1. The van der Waals surface area contributed by atoms with E-state index in [1.807, 2.05) is 72.9 Å². The Labute approximate surface area is 156 Å². The molecule has 4 heteroatoms. The van der Waals surface area contributed by atoms with Crippen LogP contribution in [0.2, 0.25) is 0 Å². The summed E-state index contributed by atoms with van der Waals surface area (Å²) in [5.74, 6) is 0. The third-order valence-electron chi connectivity index (χ3n) is 4.41. The van der Waals surface area contributed by atoms with Crippen LogP contribution in [-0.4, -0.2) is 9.91 Å². The number of aromatic nitrogens is 1. The van der Waals surface area contributed by atoms with E-state index in [0.29, 0.717) is 0 Å². The lowest BCUT2D eigenvalue weighted by Gasteiger charge is -2.12. The summed E-state index contributed by atoms with van der Waals surface area (Å²) in [6, 6.07) is 28.7. The molecule has 0 fully saturated rings. The van der Waals surface area contributed by atoms with Crippen LogP contribution in [0, 0.1) is 10.1 Å². The number of benzene rings is 3. The van der Waals surface area contributed by atoms with Gasteiger partial charge in [-0.15, -0.1) is 0 Å². The molecule has 0 aliphatic carbocycles. The molecule has 0 unspecified atom stereocenters. The summed E-state index contributed by atoms with van der Waals surface area (Å²) in [5.41, 5.74) is 5.55. The van der Waals surface area contributed by atoms with Crippen molar-refractivity contribution in [2.24, 2.45) is 0 Å². The molecule has 0 amide bonds. The van der Waals surface area contributed by atoms with Gasteiger partial charge in [-0.1, -0.05) is 72.8 Å². The van der Waals surface area contributed by atoms with Gasteiger partial charge in [-0.25, -0.2) is 0 Å². The topological polar surface area (TPSA) is 56.0 Å². The quantitative estimate of drug-likeness (QED) is 0.335. The van der Waals surface area contributed by atoms with Gasteiger partial charge in [0.25, 0.3) is 5.69 Å². The Morgan fingerprint density at radius 3 is 1.96 bits per heavy atom. The van der Waals surface area contributed by atoms with Crippen LogP contribution in [0.3, 0.4) is 0 Å². The molecule has 4 aromatic rings. The van der Waals surface area contributed by atoms with E-state index >= 15 is 0 Å². The maximum atomic E-state index is 11.2. The first-order valence-corrected chi connectivity index (χ1v) is 8.58. The van der Waals surface area contributed by atoms with E-state index in [9.17, 15) is 10.1 Å². The molecule has 0 atom stereocenters. The second-order valence-electron chi connectivity index (χ2n) is 6.16. The smallest absolute Gasteiger partial charge is 0.258 e. The molecule has 27 heavy (non-hydrogen) atoms. The molecular formula is C23H16N2O2. The van der Waals surface area contributed by atoms with Gasteiger partial charge in [-0.3, -0.25) is 15.1 Å². The Morgan fingerprint density at radius 1 is 0.667 bits per heavy atom. The zero-order valence-electron chi connectivity index (χ0n) is 14.4. The molecule has 0 saturated heterocycles. The van der Waals surface area contributed by atoms with Gasteiger partial charge in [0.2, 0.25) is 0 Å². The number of rotatable bonds is 4. The average Bonchev–Trinajstić information content (AvgIpc) is 2.74. The summed E-state index contributed by atoms with van der Waals surface area (Å²) in [7, 11) is 0. The van der Waals surface area contributed by atoms with E-state index in [1.165, 1.54) is 6.07 Å². The largest absolute Gasteiger partial charge is 0.270 e. The minimum absolute atomic E-state index is 0.0560. The zero-order chi connectivity index (χ0) is 18.6. The van der Waals surface area contributed by atoms with Crippen molar-refractivity contribution >= 4 is 5.69 Å². The average molecular weight is 352 g/mol. The van der Waals surface area contributed by atoms with Gasteiger partial charge in [0, 0.05) is 35.0 Å². The molecule has 4 rings (SSSR count). The first-order valence-electron chi connectivity index (χ1n) is 8.58. The first-order chi connectivity index (χ1) is 13.2. The molecule has 3 aromatic carbocycles. The zero-order valence-corrected chi connectivity index (χ0v) is 14.4. The molecule has 0 aliphatic heterocycles. The molecule has 130 valence electrons. The molecule has 0 saturated carbocycles. The van der Waals surface area contributed by atoms with Crippen molar-refractivity contribution in [3.63, 3.8) is 0 Å². The fourth-order valence-electron chi connectivity index (χ4n) is 3.09. The van der Waals surface area contributed by atoms with E-state index in [1.54, 1.807) is 12.1 Å². The van der Waals surface area contributed by atoms with E-state index in [2.05, 4.69) is 11.1 Å². The molecule has 1 aromatic heterocycles. The summed E-state index contributed by atoms with van der Waals surface area (Å²) in [4.78, 5) is 15.5. The highest BCUT2D eigenvalue weighted by molar-refractivity contribution is 5.84. The van der Waals surface area contributed by atoms with Crippen molar-refractivity contribution in [2.45, 2.75) is 0 Å². The van der Waals surface area contributed by atoms with E-state index in [4.69, 9.17) is 0 Å². The minimum atomic E-state index is -0.385. The second-order valence-corrected chi connectivity index (χ2v) is 6.16. The predicted octanol–water partition coefficient (Wildman–Crippen LogP) is 5.99. The van der Waals surface area contributed by atoms with Crippen molar-refractivity contribution in [3.05, 3.63) is 107 Å². The van der Waals surface area contributed by atoms with Gasteiger partial charge in [0.1, 0.15) is 0 Å². The number of nitro groups is 1. The molecule has 0 bridgehead atoms. The highest BCUT2D eigenvalue weighted by Gasteiger charge is 2.14. The predicted molar refractivity (Wildman–Crippen MR) is 107 cm³/mol. The monoisotopic (exact) mass is 352 g/mol. The Bertz CT molecular complexity index is 1090. The van der Waals surface area contributed by atoms with Crippen LogP contribution >= 0.6 is 0 Å².